The van der Waals surface area contributed by atoms with E-state index in [1.54, 1.807) is 24.3 Å². The van der Waals surface area contributed by atoms with Crippen molar-refractivity contribution in [1.29, 1.82) is 5.26 Å². The fourth-order valence-corrected chi connectivity index (χ4v) is 1.49. The number of carbonyl (C=O) groups excluding carboxylic acids is 1. The number of carboxylic acids is 1. The number of nitrogens with one attached hydrogen (secondary N) is 1. The SMILES string of the molecule is C=CCC(NC(=O)/C=C/c1cccc(C#N)c1)C(=O)O. The molecule has 1 aromatic rings. The maximum Gasteiger partial charge on any atom is 0.326 e. The predicted octanol–water partition coefficient (Wildman–Crippen LogP) is 1.72. The lowest BCUT2D eigenvalue weighted by Crippen LogP contribution is -2.39. The van der Waals surface area contributed by atoms with Crippen LogP contribution in [0.4, 0.5) is 0 Å². The van der Waals surface area contributed by atoms with Crippen molar-refractivity contribution in [3.63, 3.8) is 0 Å². The molecular weight excluding hydrogens is 256 g/mol. The smallest absolute Gasteiger partial charge is 0.326 e. The van der Waals surface area contributed by atoms with E-state index in [0.29, 0.717) is 11.1 Å². The van der Waals surface area contributed by atoms with Gasteiger partial charge in [0.2, 0.25) is 5.91 Å². The van der Waals surface area contributed by atoms with Crippen molar-refractivity contribution in [2.75, 3.05) is 0 Å². The van der Waals surface area contributed by atoms with E-state index in [4.69, 9.17) is 10.4 Å². The molecule has 20 heavy (non-hydrogen) atoms. The van der Waals surface area contributed by atoms with E-state index in [1.165, 1.54) is 18.2 Å². The number of hydrogen-bond donors (Lipinski definition) is 2. The summed E-state index contributed by atoms with van der Waals surface area (Å²) in [7, 11) is 0. The Kier molecular flexibility index (Phi) is 5.73. The van der Waals surface area contributed by atoms with Gasteiger partial charge in [-0.2, -0.15) is 5.26 Å². The summed E-state index contributed by atoms with van der Waals surface area (Å²) >= 11 is 0. The fraction of sp³-hybridized carbons (Fsp3) is 0.133. The van der Waals surface area contributed by atoms with E-state index in [1.807, 2.05) is 6.07 Å². The van der Waals surface area contributed by atoms with Crippen molar-refractivity contribution < 1.29 is 14.7 Å². The topological polar surface area (TPSA) is 90.2 Å². The largest absolute Gasteiger partial charge is 0.480 e. The molecule has 0 radical (unpaired) electrons. The summed E-state index contributed by atoms with van der Waals surface area (Å²) in [5.74, 6) is -1.63. The highest BCUT2D eigenvalue weighted by molar-refractivity contribution is 5.94. The normalized spacial score (nSPS) is 11.6. The average molecular weight is 270 g/mol. The Morgan fingerprint density at radius 1 is 1.50 bits per heavy atom. The molecule has 5 nitrogen and oxygen atoms in total. The van der Waals surface area contributed by atoms with Crippen LogP contribution in [0.1, 0.15) is 17.5 Å². The van der Waals surface area contributed by atoms with E-state index in [-0.39, 0.29) is 6.42 Å². The van der Waals surface area contributed by atoms with Gasteiger partial charge in [-0.1, -0.05) is 18.2 Å². The first-order chi connectivity index (χ1) is 9.56. The van der Waals surface area contributed by atoms with E-state index >= 15 is 0 Å². The number of amides is 1. The molecule has 0 aliphatic rings. The number of aliphatic carboxylic acids is 1. The Labute approximate surface area is 116 Å². The first kappa shape index (κ1) is 15.2. The molecule has 1 aromatic carbocycles. The molecule has 5 heteroatoms. The Bertz CT molecular complexity index is 585. The van der Waals surface area contributed by atoms with Gasteiger partial charge in [-0.3, -0.25) is 4.79 Å². The minimum Gasteiger partial charge on any atom is -0.480 e. The van der Waals surface area contributed by atoms with Crippen molar-refractivity contribution in [3.05, 3.63) is 54.1 Å². The van der Waals surface area contributed by atoms with Gasteiger partial charge in [0.1, 0.15) is 6.04 Å². The van der Waals surface area contributed by atoms with Gasteiger partial charge in [-0.25, -0.2) is 4.79 Å². The molecule has 0 fully saturated rings. The quantitative estimate of drug-likeness (QED) is 0.608. The van der Waals surface area contributed by atoms with Crippen LogP contribution in [0.25, 0.3) is 6.08 Å². The molecule has 0 heterocycles. The monoisotopic (exact) mass is 270 g/mol. The van der Waals surface area contributed by atoms with Crippen LogP contribution >= 0.6 is 0 Å². The highest BCUT2D eigenvalue weighted by Gasteiger charge is 2.16. The first-order valence-electron chi connectivity index (χ1n) is 5.89. The Hall–Kier alpha value is -2.87. The van der Waals surface area contributed by atoms with Crippen LogP contribution in [0.3, 0.4) is 0 Å². The zero-order valence-corrected chi connectivity index (χ0v) is 10.7. The number of rotatable bonds is 6. The van der Waals surface area contributed by atoms with Crippen LogP contribution in [-0.2, 0) is 9.59 Å². The highest BCUT2D eigenvalue weighted by atomic mass is 16.4. The van der Waals surface area contributed by atoms with Gasteiger partial charge < -0.3 is 10.4 Å². The minimum atomic E-state index is -1.11. The zero-order valence-electron chi connectivity index (χ0n) is 10.7. The second-order valence-corrected chi connectivity index (χ2v) is 3.99. The molecule has 0 aliphatic carbocycles. The van der Waals surface area contributed by atoms with Crippen molar-refractivity contribution in [3.8, 4) is 6.07 Å². The predicted molar refractivity (Wildman–Crippen MR) is 74.6 cm³/mol. The molecule has 1 unspecified atom stereocenters. The summed E-state index contributed by atoms with van der Waals surface area (Å²) in [5.41, 5.74) is 1.18. The third-order valence-electron chi connectivity index (χ3n) is 2.46. The van der Waals surface area contributed by atoms with Crippen molar-refractivity contribution in [1.82, 2.24) is 5.32 Å². The van der Waals surface area contributed by atoms with Gasteiger partial charge in [0.25, 0.3) is 0 Å². The van der Waals surface area contributed by atoms with Gasteiger partial charge in [-0.15, -0.1) is 6.58 Å². The summed E-state index contributed by atoms with van der Waals surface area (Å²) < 4.78 is 0. The average Bonchev–Trinajstić information content (AvgIpc) is 2.44. The number of nitrogens with zero attached hydrogens (tertiary/aromatic N) is 1. The van der Waals surface area contributed by atoms with E-state index in [0.717, 1.165) is 0 Å². The highest BCUT2D eigenvalue weighted by Crippen LogP contribution is 2.06. The summed E-state index contributed by atoms with van der Waals surface area (Å²) in [5, 5.41) is 20.0. The standard InChI is InChI=1S/C15H14N2O3/c1-2-4-13(15(19)20)17-14(18)8-7-11-5-3-6-12(9-11)10-16/h2-3,5-9,13H,1,4H2,(H,17,18)(H,19,20)/b8-7+. The second-order valence-electron chi connectivity index (χ2n) is 3.99. The maximum absolute atomic E-state index is 11.6. The number of nitriles is 1. The van der Waals surface area contributed by atoms with Crippen LogP contribution in [0, 0.1) is 11.3 Å². The summed E-state index contributed by atoms with van der Waals surface area (Å²) in [6, 6.07) is 7.73. The van der Waals surface area contributed by atoms with E-state index in [9.17, 15) is 9.59 Å². The lowest BCUT2D eigenvalue weighted by atomic mass is 10.1. The van der Waals surface area contributed by atoms with Crippen LogP contribution in [-0.4, -0.2) is 23.0 Å². The van der Waals surface area contributed by atoms with Crippen LogP contribution < -0.4 is 5.32 Å². The second kappa shape index (κ2) is 7.54. The van der Waals surface area contributed by atoms with Crippen molar-refractivity contribution in [2.24, 2.45) is 0 Å². The van der Waals surface area contributed by atoms with Crippen LogP contribution in [0.2, 0.25) is 0 Å². The lowest BCUT2D eigenvalue weighted by molar-refractivity contribution is -0.141. The summed E-state index contributed by atoms with van der Waals surface area (Å²) in [6.07, 6.45) is 4.33. The van der Waals surface area contributed by atoms with Gasteiger partial charge in [0.15, 0.2) is 0 Å². The fourth-order valence-electron chi connectivity index (χ4n) is 1.49. The summed E-state index contributed by atoms with van der Waals surface area (Å²) in [4.78, 5) is 22.5. The third-order valence-corrected chi connectivity index (χ3v) is 2.46. The molecule has 0 aliphatic heterocycles. The van der Waals surface area contributed by atoms with E-state index in [2.05, 4.69) is 11.9 Å². The first-order valence-corrected chi connectivity index (χ1v) is 5.89. The zero-order chi connectivity index (χ0) is 15.0. The number of carbonyl (C=O) groups is 2. The molecule has 0 saturated carbocycles. The number of benzene rings is 1. The van der Waals surface area contributed by atoms with Crippen LogP contribution in [0.15, 0.2) is 43.0 Å². The molecule has 1 atom stereocenters. The van der Waals surface area contributed by atoms with Gasteiger partial charge in [-0.05, 0) is 30.2 Å². The molecule has 0 spiro atoms. The maximum atomic E-state index is 11.6. The molecule has 1 rings (SSSR count). The van der Waals surface area contributed by atoms with Crippen molar-refractivity contribution in [2.45, 2.75) is 12.5 Å². The van der Waals surface area contributed by atoms with Gasteiger partial charge in [0.05, 0.1) is 11.6 Å². The number of hydrogen-bond acceptors (Lipinski definition) is 3. The van der Waals surface area contributed by atoms with Gasteiger partial charge in [0, 0.05) is 6.08 Å². The van der Waals surface area contributed by atoms with E-state index < -0.39 is 17.9 Å². The number of carboxylic acid groups (broad SMARTS) is 1. The Morgan fingerprint density at radius 2 is 2.25 bits per heavy atom. The third kappa shape index (κ3) is 4.78. The molecule has 0 saturated heterocycles. The Balaban J connectivity index is 2.69. The Morgan fingerprint density at radius 3 is 2.85 bits per heavy atom. The molecule has 0 bridgehead atoms. The molecule has 2 N–H and O–H groups in total. The molecule has 102 valence electrons. The summed E-state index contributed by atoms with van der Waals surface area (Å²) in [6.45, 7) is 3.44. The lowest BCUT2D eigenvalue weighted by Gasteiger charge is -2.10. The van der Waals surface area contributed by atoms with Gasteiger partial charge >= 0.3 is 5.97 Å². The molecule has 0 aromatic heterocycles. The molecular formula is C15H14N2O3. The van der Waals surface area contributed by atoms with Crippen molar-refractivity contribution >= 4 is 18.0 Å². The van der Waals surface area contributed by atoms with Crippen LogP contribution in [0.5, 0.6) is 0 Å². The molecule has 1 amide bonds. The minimum absolute atomic E-state index is 0.152.